The fourth-order valence-corrected chi connectivity index (χ4v) is 3.33. The summed E-state index contributed by atoms with van der Waals surface area (Å²) in [4.78, 5) is 18.3. The van der Waals surface area contributed by atoms with Gasteiger partial charge in [0.1, 0.15) is 5.15 Å². The van der Waals surface area contributed by atoms with E-state index in [1.165, 1.54) is 0 Å². The molecule has 1 amide bonds. The molecule has 2 fully saturated rings. The van der Waals surface area contributed by atoms with Crippen LogP contribution >= 0.6 is 23.2 Å². The third-order valence-electron chi connectivity index (χ3n) is 3.95. The number of halogens is 2. The highest BCUT2D eigenvalue weighted by Gasteiger charge is 2.40. The molecule has 2 aliphatic rings. The van der Waals surface area contributed by atoms with E-state index < -0.39 is 0 Å². The molecule has 3 heterocycles. The van der Waals surface area contributed by atoms with Crippen molar-refractivity contribution < 1.29 is 4.79 Å². The highest BCUT2D eigenvalue weighted by atomic mass is 35.5. The summed E-state index contributed by atoms with van der Waals surface area (Å²) in [5.74, 6) is 0.298. The van der Waals surface area contributed by atoms with Crippen molar-refractivity contribution in [3.05, 3.63) is 28.0 Å². The minimum atomic E-state index is 0.117. The van der Waals surface area contributed by atoms with Crippen LogP contribution in [0, 0.1) is 5.92 Å². The van der Waals surface area contributed by atoms with Crippen LogP contribution < -0.4 is 5.32 Å². The average Bonchev–Trinajstić information content (AvgIpc) is 2.77. The Labute approximate surface area is 122 Å². The minimum absolute atomic E-state index is 0.117. The van der Waals surface area contributed by atoms with Crippen LogP contribution in [0.15, 0.2) is 12.1 Å². The second kappa shape index (κ2) is 5.27. The van der Waals surface area contributed by atoms with E-state index in [-0.39, 0.29) is 17.9 Å². The zero-order valence-corrected chi connectivity index (χ0v) is 11.9. The summed E-state index contributed by atoms with van der Waals surface area (Å²) in [6, 6.07) is 3.72. The number of hydrogen-bond acceptors (Lipinski definition) is 3. The number of piperidine rings is 1. The molecule has 3 rings (SSSR count). The maximum absolute atomic E-state index is 11.7. The van der Waals surface area contributed by atoms with Gasteiger partial charge in [-0.1, -0.05) is 23.2 Å². The molecule has 0 aromatic carbocycles. The number of fused-ring (bicyclic) bond motifs is 1. The van der Waals surface area contributed by atoms with Crippen LogP contribution in [0.2, 0.25) is 10.2 Å². The van der Waals surface area contributed by atoms with Crippen LogP contribution in [-0.2, 0) is 11.3 Å². The van der Waals surface area contributed by atoms with E-state index in [2.05, 4.69) is 15.2 Å². The van der Waals surface area contributed by atoms with Crippen LogP contribution in [0.1, 0.15) is 18.5 Å². The summed E-state index contributed by atoms with van der Waals surface area (Å²) < 4.78 is 0. The van der Waals surface area contributed by atoms with Gasteiger partial charge in [-0.15, -0.1) is 0 Å². The zero-order valence-electron chi connectivity index (χ0n) is 10.4. The molecule has 102 valence electrons. The number of nitrogens with one attached hydrogen (secondary N) is 1. The highest BCUT2D eigenvalue weighted by molar-refractivity contribution is 6.32. The summed E-state index contributed by atoms with van der Waals surface area (Å²) in [6.45, 7) is 2.35. The van der Waals surface area contributed by atoms with Crippen molar-refractivity contribution >= 4 is 29.1 Å². The molecule has 0 saturated carbocycles. The van der Waals surface area contributed by atoms with Gasteiger partial charge in [0.25, 0.3) is 0 Å². The monoisotopic (exact) mass is 299 g/mol. The lowest BCUT2D eigenvalue weighted by molar-refractivity contribution is -0.124. The van der Waals surface area contributed by atoms with Crippen LogP contribution in [0.5, 0.6) is 0 Å². The molecule has 2 unspecified atom stereocenters. The average molecular weight is 300 g/mol. The molecular formula is C13H15Cl2N3O. The van der Waals surface area contributed by atoms with Gasteiger partial charge in [0.05, 0.1) is 16.6 Å². The normalized spacial score (nSPS) is 27.2. The molecule has 4 nitrogen and oxygen atoms in total. The van der Waals surface area contributed by atoms with Gasteiger partial charge in [-0.25, -0.2) is 4.98 Å². The number of rotatable bonds is 2. The van der Waals surface area contributed by atoms with Gasteiger partial charge < -0.3 is 5.32 Å². The Morgan fingerprint density at radius 3 is 3.11 bits per heavy atom. The molecule has 0 spiro atoms. The Kier molecular flexibility index (Phi) is 3.65. The van der Waals surface area contributed by atoms with E-state index in [0.29, 0.717) is 16.7 Å². The summed E-state index contributed by atoms with van der Waals surface area (Å²) >= 11 is 12.1. The van der Waals surface area contributed by atoms with Crippen LogP contribution in [-0.4, -0.2) is 34.9 Å². The number of pyridine rings is 1. The topological polar surface area (TPSA) is 45.2 Å². The number of aromatic nitrogens is 1. The molecule has 1 aromatic heterocycles. The van der Waals surface area contributed by atoms with Crippen molar-refractivity contribution in [3.63, 3.8) is 0 Å². The van der Waals surface area contributed by atoms with Crippen molar-refractivity contribution in [1.29, 1.82) is 0 Å². The van der Waals surface area contributed by atoms with Crippen molar-refractivity contribution in [3.8, 4) is 0 Å². The number of nitrogens with zero attached hydrogens (tertiary/aromatic N) is 2. The second-order valence-corrected chi connectivity index (χ2v) is 5.89. The molecule has 2 aliphatic heterocycles. The maximum atomic E-state index is 11.7. The SMILES string of the molecule is O=C1NCC2C1CCCN2Cc1nc(Cl)ccc1Cl. The number of amides is 1. The van der Waals surface area contributed by atoms with E-state index in [9.17, 15) is 4.79 Å². The first-order chi connectivity index (χ1) is 9.15. The largest absolute Gasteiger partial charge is 0.354 e. The van der Waals surface area contributed by atoms with Crippen LogP contribution in [0.3, 0.4) is 0 Å². The van der Waals surface area contributed by atoms with E-state index in [0.717, 1.165) is 31.6 Å². The van der Waals surface area contributed by atoms with Gasteiger partial charge in [0.2, 0.25) is 5.91 Å². The molecule has 0 radical (unpaired) electrons. The summed E-state index contributed by atoms with van der Waals surface area (Å²) in [7, 11) is 0. The van der Waals surface area contributed by atoms with Crippen molar-refractivity contribution in [2.24, 2.45) is 5.92 Å². The number of carbonyl (C=O) groups excluding carboxylic acids is 1. The molecule has 2 atom stereocenters. The van der Waals surface area contributed by atoms with Crippen molar-refractivity contribution in [2.45, 2.75) is 25.4 Å². The van der Waals surface area contributed by atoms with Gasteiger partial charge in [-0.05, 0) is 31.5 Å². The highest BCUT2D eigenvalue weighted by Crippen LogP contribution is 2.29. The first-order valence-electron chi connectivity index (χ1n) is 6.48. The van der Waals surface area contributed by atoms with Gasteiger partial charge in [0.15, 0.2) is 0 Å². The minimum Gasteiger partial charge on any atom is -0.354 e. The number of hydrogen-bond donors (Lipinski definition) is 1. The first kappa shape index (κ1) is 13.2. The van der Waals surface area contributed by atoms with Crippen LogP contribution in [0.4, 0.5) is 0 Å². The lowest BCUT2D eigenvalue weighted by Gasteiger charge is -2.35. The Morgan fingerprint density at radius 2 is 2.26 bits per heavy atom. The Balaban J connectivity index is 1.79. The van der Waals surface area contributed by atoms with E-state index >= 15 is 0 Å². The fraction of sp³-hybridized carbons (Fsp3) is 0.538. The number of likely N-dealkylation sites (tertiary alicyclic amines) is 1. The Morgan fingerprint density at radius 1 is 1.42 bits per heavy atom. The second-order valence-electron chi connectivity index (χ2n) is 5.09. The third kappa shape index (κ3) is 2.57. The predicted molar refractivity (Wildman–Crippen MR) is 74.2 cm³/mol. The van der Waals surface area contributed by atoms with E-state index in [1.807, 2.05) is 0 Å². The molecule has 0 bridgehead atoms. The molecular weight excluding hydrogens is 285 g/mol. The molecule has 0 aliphatic carbocycles. The summed E-state index contributed by atoms with van der Waals surface area (Å²) in [5.41, 5.74) is 0.786. The Hall–Kier alpha value is -0.840. The molecule has 1 aromatic rings. The molecule has 1 N–H and O–H groups in total. The van der Waals surface area contributed by atoms with Crippen LogP contribution in [0.25, 0.3) is 0 Å². The standard InChI is InChI=1S/C13H15Cl2N3O/c14-9-3-4-12(15)17-10(9)7-18-5-1-2-8-11(18)6-16-13(8)19/h3-4,8,11H,1-2,5-7H2,(H,16,19). The van der Waals surface area contributed by atoms with Crippen molar-refractivity contribution in [1.82, 2.24) is 15.2 Å². The lowest BCUT2D eigenvalue weighted by atomic mass is 9.91. The smallest absolute Gasteiger partial charge is 0.224 e. The van der Waals surface area contributed by atoms with Gasteiger partial charge in [0, 0.05) is 19.1 Å². The quantitative estimate of drug-likeness (QED) is 0.851. The molecule has 6 heteroatoms. The fourth-order valence-electron chi connectivity index (χ4n) is 3.00. The van der Waals surface area contributed by atoms with Crippen molar-refractivity contribution in [2.75, 3.05) is 13.1 Å². The first-order valence-corrected chi connectivity index (χ1v) is 7.23. The van der Waals surface area contributed by atoms with E-state index in [4.69, 9.17) is 23.2 Å². The molecule has 2 saturated heterocycles. The molecule has 19 heavy (non-hydrogen) atoms. The zero-order chi connectivity index (χ0) is 13.4. The third-order valence-corrected chi connectivity index (χ3v) is 4.51. The van der Waals surface area contributed by atoms with Gasteiger partial charge in [-0.3, -0.25) is 9.69 Å². The lowest BCUT2D eigenvalue weighted by Crippen LogP contribution is -2.45. The Bertz CT molecular complexity index is 509. The summed E-state index contributed by atoms with van der Waals surface area (Å²) in [6.07, 6.45) is 2.01. The van der Waals surface area contributed by atoms with E-state index in [1.54, 1.807) is 12.1 Å². The van der Waals surface area contributed by atoms with Gasteiger partial charge >= 0.3 is 0 Å². The summed E-state index contributed by atoms with van der Waals surface area (Å²) in [5, 5.41) is 4.02. The van der Waals surface area contributed by atoms with Gasteiger partial charge in [-0.2, -0.15) is 0 Å². The predicted octanol–water partition coefficient (Wildman–Crippen LogP) is 2.10. The number of carbonyl (C=O) groups is 1. The maximum Gasteiger partial charge on any atom is 0.224 e.